The van der Waals surface area contributed by atoms with Crippen LogP contribution >= 0.6 is 11.6 Å². The van der Waals surface area contributed by atoms with Crippen LogP contribution in [-0.4, -0.2) is 60.4 Å². The second-order valence-corrected chi connectivity index (χ2v) is 6.77. The van der Waals surface area contributed by atoms with Crippen molar-refractivity contribution in [2.75, 3.05) is 38.7 Å². The third-order valence-corrected chi connectivity index (χ3v) is 4.68. The minimum atomic E-state index is -1.15. The minimum absolute atomic E-state index is 0.0436. The number of methoxy groups -OCH3 is 1. The molecule has 1 saturated heterocycles. The summed E-state index contributed by atoms with van der Waals surface area (Å²) < 4.78 is 10.3. The average molecular weight is 394 g/mol. The first-order valence-electron chi connectivity index (χ1n) is 8.49. The number of anilines is 1. The zero-order valence-electron chi connectivity index (χ0n) is 14.8. The lowest BCUT2D eigenvalue weighted by molar-refractivity contribution is -0.128. The number of aromatic carboxylic acids is 1. The van der Waals surface area contributed by atoms with Gasteiger partial charge in [-0.05, 0) is 24.3 Å². The summed E-state index contributed by atoms with van der Waals surface area (Å²) in [6.45, 7) is 2.06. The van der Waals surface area contributed by atoms with Gasteiger partial charge in [-0.25, -0.2) is 4.79 Å². The summed E-state index contributed by atoms with van der Waals surface area (Å²) in [6, 6.07) is 6.64. The number of hydrogen-bond donors (Lipinski definition) is 2. The monoisotopic (exact) mass is 393 g/mol. The van der Waals surface area contributed by atoms with Crippen LogP contribution in [0.5, 0.6) is 0 Å². The number of amides is 1. The molecule has 1 aliphatic rings. The van der Waals surface area contributed by atoms with Crippen molar-refractivity contribution in [3.63, 3.8) is 0 Å². The van der Waals surface area contributed by atoms with Gasteiger partial charge < -0.3 is 24.6 Å². The third-order valence-electron chi connectivity index (χ3n) is 4.43. The summed E-state index contributed by atoms with van der Waals surface area (Å²) in [5, 5.41) is 17.0. The molecule has 0 saturated carbocycles. The largest absolute Gasteiger partial charge is 0.477 e. The minimum Gasteiger partial charge on any atom is -0.477 e. The molecule has 1 aliphatic heterocycles. The maximum absolute atomic E-state index is 12.0. The Morgan fingerprint density at radius 3 is 2.85 bits per heavy atom. The van der Waals surface area contributed by atoms with Gasteiger partial charge in [-0.1, -0.05) is 16.8 Å². The van der Waals surface area contributed by atoms with Crippen LogP contribution in [-0.2, 0) is 9.53 Å². The summed E-state index contributed by atoms with van der Waals surface area (Å²) in [5.74, 6) is -0.708. The molecule has 2 aromatic rings. The first kappa shape index (κ1) is 19.2. The molecule has 1 atom stereocenters. The lowest BCUT2D eigenvalue weighted by Crippen LogP contribution is -2.29. The zero-order chi connectivity index (χ0) is 19.4. The van der Waals surface area contributed by atoms with Crippen LogP contribution in [0.15, 0.2) is 28.8 Å². The van der Waals surface area contributed by atoms with Gasteiger partial charge in [-0.2, -0.15) is 0 Å². The maximum Gasteiger partial charge on any atom is 0.343 e. The molecular weight excluding hydrogens is 374 g/mol. The standard InChI is InChI=1S/C18H20ClN3O5/c1-26-7-6-22-10-11(8-14(22)23)9-20-17-15(18(24)25)16(27-21-17)12-2-4-13(19)5-3-12/h2-5,11H,6-10H2,1H3,(H,20,21)(H,24,25). The molecule has 0 bridgehead atoms. The molecule has 1 aromatic heterocycles. The molecule has 1 fully saturated rings. The summed E-state index contributed by atoms with van der Waals surface area (Å²) in [6.07, 6.45) is 0.404. The molecule has 1 aromatic carbocycles. The second-order valence-electron chi connectivity index (χ2n) is 6.33. The summed E-state index contributed by atoms with van der Waals surface area (Å²) in [5.41, 5.74) is 0.525. The summed E-state index contributed by atoms with van der Waals surface area (Å²) in [4.78, 5) is 25.5. The van der Waals surface area contributed by atoms with E-state index in [0.29, 0.717) is 43.2 Å². The number of halogens is 1. The van der Waals surface area contributed by atoms with E-state index in [1.165, 1.54) is 0 Å². The van der Waals surface area contributed by atoms with E-state index in [1.54, 1.807) is 36.3 Å². The van der Waals surface area contributed by atoms with E-state index in [1.807, 2.05) is 0 Å². The number of benzene rings is 1. The molecule has 0 spiro atoms. The molecule has 2 N–H and O–H groups in total. The van der Waals surface area contributed by atoms with Crippen molar-refractivity contribution in [2.24, 2.45) is 5.92 Å². The van der Waals surface area contributed by atoms with E-state index >= 15 is 0 Å². The number of rotatable bonds is 8. The van der Waals surface area contributed by atoms with Crippen molar-refractivity contribution in [3.8, 4) is 11.3 Å². The quantitative estimate of drug-likeness (QED) is 0.710. The van der Waals surface area contributed by atoms with Gasteiger partial charge in [0, 0.05) is 49.7 Å². The highest BCUT2D eigenvalue weighted by Crippen LogP contribution is 2.30. The highest BCUT2D eigenvalue weighted by atomic mass is 35.5. The van der Waals surface area contributed by atoms with Crippen molar-refractivity contribution >= 4 is 29.3 Å². The number of nitrogens with one attached hydrogen (secondary N) is 1. The van der Waals surface area contributed by atoms with E-state index in [9.17, 15) is 14.7 Å². The van der Waals surface area contributed by atoms with Crippen LogP contribution in [0.2, 0.25) is 5.02 Å². The van der Waals surface area contributed by atoms with E-state index in [0.717, 1.165) is 0 Å². The fourth-order valence-corrected chi connectivity index (χ4v) is 3.18. The topological polar surface area (TPSA) is 105 Å². The first-order chi connectivity index (χ1) is 13.0. The van der Waals surface area contributed by atoms with Gasteiger partial charge >= 0.3 is 5.97 Å². The number of hydrogen-bond acceptors (Lipinski definition) is 6. The molecule has 0 aliphatic carbocycles. The van der Waals surface area contributed by atoms with Gasteiger partial charge in [0.15, 0.2) is 17.1 Å². The Balaban J connectivity index is 1.70. The lowest BCUT2D eigenvalue weighted by Gasteiger charge is -2.16. The maximum atomic E-state index is 12.0. The number of carbonyl (C=O) groups is 2. The van der Waals surface area contributed by atoms with E-state index in [-0.39, 0.29) is 29.0 Å². The van der Waals surface area contributed by atoms with Gasteiger partial charge in [0.05, 0.1) is 6.61 Å². The molecule has 27 heavy (non-hydrogen) atoms. The lowest BCUT2D eigenvalue weighted by atomic mass is 10.1. The Morgan fingerprint density at radius 2 is 2.19 bits per heavy atom. The summed E-state index contributed by atoms with van der Waals surface area (Å²) in [7, 11) is 1.59. The van der Waals surface area contributed by atoms with E-state index in [4.69, 9.17) is 20.9 Å². The van der Waals surface area contributed by atoms with Crippen LogP contribution in [0.1, 0.15) is 16.8 Å². The van der Waals surface area contributed by atoms with Gasteiger partial charge in [-0.3, -0.25) is 4.79 Å². The van der Waals surface area contributed by atoms with Gasteiger partial charge in [-0.15, -0.1) is 0 Å². The fourth-order valence-electron chi connectivity index (χ4n) is 3.06. The molecule has 3 rings (SSSR count). The normalized spacial score (nSPS) is 16.7. The van der Waals surface area contributed by atoms with Crippen LogP contribution in [0.25, 0.3) is 11.3 Å². The van der Waals surface area contributed by atoms with Crippen LogP contribution < -0.4 is 5.32 Å². The molecule has 1 unspecified atom stereocenters. The zero-order valence-corrected chi connectivity index (χ0v) is 15.5. The first-order valence-corrected chi connectivity index (χ1v) is 8.87. The third kappa shape index (κ3) is 4.40. The highest BCUT2D eigenvalue weighted by molar-refractivity contribution is 6.30. The number of carboxylic acid groups (broad SMARTS) is 1. The molecule has 1 amide bonds. The van der Waals surface area contributed by atoms with Crippen LogP contribution in [0.4, 0.5) is 5.82 Å². The molecule has 2 heterocycles. The van der Waals surface area contributed by atoms with Gasteiger partial charge in [0.1, 0.15) is 0 Å². The van der Waals surface area contributed by atoms with Crippen LogP contribution in [0, 0.1) is 5.92 Å². The van der Waals surface area contributed by atoms with Crippen molar-refractivity contribution in [1.82, 2.24) is 10.1 Å². The number of aromatic nitrogens is 1. The Kier molecular flexibility index (Phi) is 5.98. The van der Waals surface area contributed by atoms with Crippen molar-refractivity contribution in [2.45, 2.75) is 6.42 Å². The SMILES string of the molecule is COCCN1CC(CNc2noc(-c3ccc(Cl)cc3)c2C(=O)O)CC1=O. The summed E-state index contributed by atoms with van der Waals surface area (Å²) >= 11 is 5.87. The molecule has 9 heteroatoms. The van der Waals surface area contributed by atoms with E-state index < -0.39 is 5.97 Å². The molecular formula is C18H20ClN3O5. The van der Waals surface area contributed by atoms with Crippen LogP contribution in [0.3, 0.4) is 0 Å². The Morgan fingerprint density at radius 1 is 1.44 bits per heavy atom. The Bertz CT molecular complexity index is 821. The predicted octanol–water partition coefficient (Wildman–Crippen LogP) is 2.60. The number of likely N-dealkylation sites (tertiary alicyclic amines) is 1. The van der Waals surface area contributed by atoms with Crippen molar-refractivity contribution < 1.29 is 24.0 Å². The smallest absolute Gasteiger partial charge is 0.343 e. The number of nitrogens with zero attached hydrogens (tertiary/aromatic N) is 2. The average Bonchev–Trinajstić information content (AvgIpc) is 3.22. The molecule has 0 radical (unpaired) electrons. The highest BCUT2D eigenvalue weighted by Gasteiger charge is 2.30. The van der Waals surface area contributed by atoms with E-state index in [2.05, 4.69) is 10.5 Å². The van der Waals surface area contributed by atoms with Gasteiger partial charge in [0.2, 0.25) is 5.91 Å². The molecule has 144 valence electrons. The van der Waals surface area contributed by atoms with Crippen molar-refractivity contribution in [1.29, 1.82) is 0 Å². The second kappa shape index (κ2) is 8.41. The Hall–Kier alpha value is -2.58. The predicted molar refractivity (Wildman–Crippen MR) is 99.0 cm³/mol. The fraction of sp³-hybridized carbons (Fsp3) is 0.389. The number of carbonyl (C=O) groups excluding carboxylic acids is 1. The number of ether oxygens (including phenoxy) is 1. The van der Waals surface area contributed by atoms with Crippen molar-refractivity contribution in [3.05, 3.63) is 34.9 Å². The van der Waals surface area contributed by atoms with Gasteiger partial charge in [0.25, 0.3) is 0 Å². The Labute approximate surface area is 161 Å². The molecule has 8 nitrogen and oxygen atoms in total. The number of carboxylic acids is 1.